The van der Waals surface area contributed by atoms with E-state index >= 15 is 0 Å². The molecule has 96 valence electrons. The van der Waals surface area contributed by atoms with E-state index in [1.165, 1.54) is 0 Å². The number of aromatic nitrogens is 2. The molecule has 0 aliphatic rings. The standard InChI is InChI=1S/C11H20N4O2/c1-8(2)12-6-4-10(16)13-7-5-11-14-9(3)15-17-11/h8,12H,4-7H2,1-3H3,(H,13,16). The van der Waals surface area contributed by atoms with E-state index in [2.05, 4.69) is 34.6 Å². The Kier molecular flexibility index (Phi) is 5.62. The van der Waals surface area contributed by atoms with E-state index in [1.54, 1.807) is 6.92 Å². The van der Waals surface area contributed by atoms with Crippen LogP contribution in [0, 0.1) is 6.92 Å². The van der Waals surface area contributed by atoms with Crippen molar-refractivity contribution in [2.45, 2.75) is 39.7 Å². The number of hydrogen-bond donors (Lipinski definition) is 2. The average Bonchev–Trinajstić information content (AvgIpc) is 2.63. The van der Waals surface area contributed by atoms with E-state index in [9.17, 15) is 4.79 Å². The van der Waals surface area contributed by atoms with Crippen LogP contribution in [0.2, 0.25) is 0 Å². The highest BCUT2D eigenvalue weighted by molar-refractivity contribution is 5.76. The van der Waals surface area contributed by atoms with Crippen LogP contribution >= 0.6 is 0 Å². The van der Waals surface area contributed by atoms with Crippen molar-refractivity contribution < 1.29 is 9.32 Å². The number of amides is 1. The molecule has 0 unspecified atom stereocenters. The van der Waals surface area contributed by atoms with Crippen molar-refractivity contribution in [2.75, 3.05) is 13.1 Å². The third kappa shape index (κ3) is 6.01. The zero-order chi connectivity index (χ0) is 12.7. The summed E-state index contributed by atoms with van der Waals surface area (Å²) in [5.74, 6) is 1.21. The highest BCUT2D eigenvalue weighted by Crippen LogP contribution is 1.95. The van der Waals surface area contributed by atoms with Gasteiger partial charge in [-0.1, -0.05) is 19.0 Å². The van der Waals surface area contributed by atoms with Crippen LogP contribution in [-0.4, -0.2) is 35.2 Å². The number of aryl methyl sites for hydroxylation is 1. The van der Waals surface area contributed by atoms with Gasteiger partial charge in [-0.3, -0.25) is 4.79 Å². The summed E-state index contributed by atoms with van der Waals surface area (Å²) in [6, 6.07) is 0.407. The van der Waals surface area contributed by atoms with E-state index < -0.39 is 0 Å². The first-order valence-electron chi connectivity index (χ1n) is 5.87. The molecule has 0 aliphatic heterocycles. The van der Waals surface area contributed by atoms with Crippen LogP contribution in [0.4, 0.5) is 0 Å². The number of rotatable bonds is 7. The molecule has 2 N–H and O–H groups in total. The maximum Gasteiger partial charge on any atom is 0.228 e. The first-order chi connectivity index (χ1) is 8.08. The molecule has 0 saturated carbocycles. The largest absolute Gasteiger partial charge is 0.356 e. The third-order valence-corrected chi connectivity index (χ3v) is 2.14. The van der Waals surface area contributed by atoms with Gasteiger partial charge in [-0.05, 0) is 6.92 Å². The Hall–Kier alpha value is -1.43. The van der Waals surface area contributed by atoms with Gasteiger partial charge in [0.25, 0.3) is 0 Å². The molecule has 0 saturated heterocycles. The smallest absolute Gasteiger partial charge is 0.228 e. The number of nitrogens with zero attached hydrogens (tertiary/aromatic N) is 2. The third-order valence-electron chi connectivity index (χ3n) is 2.14. The summed E-state index contributed by atoms with van der Waals surface area (Å²) >= 11 is 0. The highest BCUT2D eigenvalue weighted by Gasteiger charge is 2.04. The molecular weight excluding hydrogens is 220 g/mol. The Bertz CT molecular complexity index is 349. The van der Waals surface area contributed by atoms with Crippen molar-refractivity contribution in [1.82, 2.24) is 20.8 Å². The number of carbonyl (C=O) groups excluding carboxylic acids is 1. The lowest BCUT2D eigenvalue weighted by Gasteiger charge is -2.07. The van der Waals surface area contributed by atoms with Crippen LogP contribution in [0.3, 0.4) is 0 Å². The minimum Gasteiger partial charge on any atom is -0.356 e. The minimum absolute atomic E-state index is 0.0365. The van der Waals surface area contributed by atoms with Crippen LogP contribution in [0.25, 0.3) is 0 Å². The second kappa shape index (κ2) is 7.01. The van der Waals surface area contributed by atoms with Crippen LogP contribution in [0.15, 0.2) is 4.52 Å². The molecule has 0 bridgehead atoms. The summed E-state index contributed by atoms with van der Waals surface area (Å²) in [7, 11) is 0. The van der Waals surface area contributed by atoms with Crippen LogP contribution in [-0.2, 0) is 11.2 Å². The summed E-state index contributed by atoms with van der Waals surface area (Å²) in [4.78, 5) is 15.5. The summed E-state index contributed by atoms with van der Waals surface area (Å²) in [6.07, 6.45) is 1.06. The van der Waals surface area contributed by atoms with E-state index in [0.29, 0.717) is 43.7 Å². The Morgan fingerprint density at radius 1 is 1.41 bits per heavy atom. The van der Waals surface area contributed by atoms with E-state index in [1.807, 2.05) is 0 Å². The molecule has 0 radical (unpaired) electrons. The molecule has 0 aliphatic carbocycles. The van der Waals surface area contributed by atoms with Gasteiger partial charge in [-0.15, -0.1) is 0 Å². The molecule has 1 aromatic rings. The number of hydrogen-bond acceptors (Lipinski definition) is 5. The van der Waals surface area contributed by atoms with Gasteiger partial charge >= 0.3 is 0 Å². The summed E-state index contributed by atoms with van der Waals surface area (Å²) < 4.78 is 4.93. The maximum atomic E-state index is 11.4. The van der Waals surface area contributed by atoms with E-state index in [-0.39, 0.29) is 5.91 Å². The topological polar surface area (TPSA) is 80.0 Å². The Morgan fingerprint density at radius 3 is 2.76 bits per heavy atom. The molecule has 0 spiro atoms. The fourth-order valence-corrected chi connectivity index (χ4v) is 1.31. The zero-order valence-corrected chi connectivity index (χ0v) is 10.6. The predicted molar refractivity (Wildman–Crippen MR) is 63.5 cm³/mol. The second-order valence-electron chi connectivity index (χ2n) is 4.19. The van der Waals surface area contributed by atoms with Crippen molar-refractivity contribution >= 4 is 5.91 Å². The average molecular weight is 240 g/mol. The van der Waals surface area contributed by atoms with Gasteiger partial charge in [0.1, 0.15) is 0 Å². The molecule has 1 amide bonds. The van der Waals surface area contributed by atoms with Gasteiger partial charge in [-0.2, -0.15) is 4.98 Å². The summed E-state index contributed by atoms with van der Waals surface area (Å²) in [5, 5.41) is 9.67. The lowest BCUT2D eigenvalue weighted by molar-refractivity contribution is -0.120. The van der Waals surface area contributed by atoms with Crippen LogP contribution < -0.4 is 10.6 Å². The van der Waals surface area contributed by atoms with Gasteiger partial charge in [0.15, 0.2) is 5.82 Å². The summed E-state index contributed by atoms with van der Waals surface area (Å²) in [5.41, 5.74) is 0. The van der Waals surface area contributed by atoms with Gasteiger partial charge < -0.3 is 15.2 Å². The van der Waals surface area contributed by atoms with Gasteiger partial charge in [-0.25, -0.2) is 0 Å². The van der Waals surface area contributed by atoms with Gasteiger partial charge in [0.05, 0.1) is 0 Å². The fourth-order valence-electron chi connectivity index (χ4n) is 1.31. The number of nitrogens with one attached hydrogen (secondary N) is 2. The quantitative estimate of drug-likeness (QED) is 0.722. The van der Waals surface area contributed by atoms with E-state index in [0.717, 1.165) is 0 Å². The van der Waals surface area contributed by atoms with Gasteiger partial charge in [0.2, 0.25) is 11.8 Å². The zero-order valence-electron chi connectivity index (χ0n) is 10.6. The molecule has 6 nitrogen and oxygen atoms in total. The van der Waals surface area contributed by atoms with Crippen molar-refractivity contribution in [1.29, 1.82) is 0 Å². The molecule has 6 heteroatoms. The highest BCUT2D eigenvalue weighted by atomic mass is 16.5. The first kappa shape index (κ1) is 13.6. The molecule has 1 aromatic heterocycles. The molecule has 17 heavy (non-hydrogen) atoms. The molecule has 1 rings (SSSR count). The van der Waals surface area contributed by atoms with Crippen molar-refractivity contribution in [3.8, 4) is 0 Å². The molecule has 0 fully saturated rings. The fraction of sp³-hybridized carbons (Fsp3) is 0.727. The minimum atomic E-state index is 0.0365. The Balaban J connectivity index is 2.08. The molecule has 0 aromatic carbocycles. The van der Waals surface area contributed by atoms with Crippen molar-refractivity contribution in [3.05, 3.63) is 11.7 Å². The lowest BCUT2D eigenvalue weighted by Crippen LogP contribution is -2.31. The van der Waals surface area contributed by atoms with Gasteiger partial charge in [0, 0.05) is 32.0 Å². The first-order valence-corrected chi connectivity index (χ1v) is 5.87. The van der Waals surface area contributed by atoms with Crippen molar-refractivity contribution in [3.63, 3.8) is 0 Å². The van der Waals surface area contributed by atoms with E-state index in [4.69, 9.17) is 4.52 Å². The summed E-state index contributed by atoms with van der Waals surface area (Å²) in [6.45, 7) is 7.10. The SMILES string of the molecule is Cc1noc(CCNC(=O)CCNC(C)C)n1. The van der Waals surface area contributed by atoms with Crippen molar-refractivity contribution in [2.24, 2.45) is 0 Å². The van der Waals surface area contributed by atoms with Crippen LogP contribution in [0.5, 0.6) is 0 Å². The maximum absolute atomic E-state index is 11.4. The molecule has 1 heterocycles. The predicted octanol–water partition coefficient (Wildman–Crippen LogP) is 0.425. The van der Waals surface area contributed by atoms with Crippen LogP contribution in [0.1, 0.15) is 32.0 Å². The Labute approximate surface area is 101 Å². The monoisotopic (exact) mass is 240 g/mol. The molecular formula is C11H20N4O2. The number of carbonyl (C=O) groups is 1. The normalized spacial score (nSPS) is 10.8. The second-order valence-corrected chi connectivity index (χ2v) is 4.19. The molecule has 0 atom stereocenters. The lowest BCUT2D eigenvalue weighted by atomic mass is 10.3. The Morgan fingerprint density at radius 2 is 2.18 bits per heavy atom.